The molecule has 2 N–H and O–H groups in total. The Bertz CT molecular complexity index is 565. The summed E-state index contributed by atoms with van der Waals surface area (Å²) in [4.78, 5) is 27.4. The van der Waals surface area contributed by atoms with Crippen molar-refractivity contribution in [2.75, 3.05) is 38.5 Å². The molecule has 24 heavy (non-hydrogen) atoms. The van der Waals surface area contributed by atoms with Crippen molar-refractivity contribution < 1.29 is 14.5 Å². The third-order valence-corrected chi connectivity index (χ3v) is 4.86. The SMILES string of the molecule is CCc1ccccc1NC(=O)CN(C)C(=O)C[NH+]1CCC(C)CC1. The molecule has 1 saturated heterocycles. The van der Waals surface area contributed by atoms with Gasteiger partial charge in [0.05, 0.1) is 19.6 Å². The topological polar surface area (TPSA) is 53.9 Å². The summed E-state index contributed by atoms with van der Waals surface area (Å²) in [6.45, 7) is 7.02. The number of hydrogen-bond donors (Lipinski definition) is 2. The molecule has 0 aliphatic carbocycles. The smallest absolute Gasteiger partial charge is 0.277 e. The lowest BCUT2D eigenvalue weighted by atomic mass is 9.99. The van der Waals surface area contributed by atoms with Crippen LogP contribution in [0.25, 0.3) is 0 Å². The number of benzene rings is 1. The molecule has 5 nitrogen and oxygen atoms in total. The molecular formula is C19H30N3O2+. The van der Waals surface area contributed by atoms with Crippen molar-refractivity contribution in [2.24, 2.45) is 5.92 Å². The maximum Gasteiger partial charge on any atom is 0.277 e. The number of para-hydroxylation sites is 1. The van der Waals surface area contributed by atoms with E-state index < -0.39 is 0 Å². The fraction of sp³-hybridized carbons (Fsp3) is 0.579. The number of nitrogens with one attached hydrogen (secondary N) is 2. The number of likely N-dealkylation sites (tertiary alicyclic amines) is 1. The monoisotopic (exact) mass is 332 g/mol. The van der Waals surface area contributed by atoms with Gasteiger partial charge in [-0.25, -0.2) is 0 Å². The molecule has 0 unspecified atom stereocenters. The van der Waals surface area contributed by atoms with Crippen molar-refractivity contribution in [3.05, 3.63) is 29.8 Å². The van der Waals surface area contributed by atoms with Gasteiger partial charge in [0, 0.05) is 12.7 Å². The van der Waals surface area contributed by atoms with Crippen LogP contribution < -0.4 is 10.2 Å². The molecule has 1 aliphatic heterocycles. The van der Waals surface area contributed by atoms with Crippen LogP contribution in [0.1, 0.15) is 32.3 Å². The first-order chi connectivity index (χ1) is 11.5. The standard InChI is InChI=1S/C19H29N3O2/c1-4-16-7-5-6-8-17(16)20-18(23)13-21(3)19(24)14-22-11-9-15(2)10-12-22/h5-8,15H,4,9-14H2,1-3H3,(H,20,23)/p+1. The number of amides is 2. The minimum absolute atomic E-state index is 0.0403. The Hall–Kier alpha value is -1.88. The van der Waals surface area contributed by atoms with Crippen molar-refractivity contribution in [3.63, 3.8) is 0 Å². The van der Waals surface area contributed by atoms with Crippen LogP contribution >= 0.6 is 0 Å². The van der Waals surface area contributed by atoms with Gasteiger partial charge in [-0.05, 0) is 36.8 Å². The molecule has 0 atom stereocenters. The lowest BCUT2D eigenvalue weighted by molar-refractivity contribution is -0.898. The largest absolute Gasteiger partial charge is 0.332 e. The normalized spacial score (nSPS) is 20.5. The summed E-state index contributed by atoms with van der Waals surface area (Å²) >= 11 is 0. The van der Waals surface area contributed by atoms with E-state index in [2.05, 4.69) is 19.2 Å². The first-order valence-corrected chi connectivity index (χ1v) is 8.94. The van der Waals surface area contributed by atoms with Crippen molar-refractivity contribution in [1.29, 1.82) is 0 Å². The molecule has 5 heteroatoms. The molecule has 0 bridgehead atoms. The zero-order valence-corrected chi connectivity index (χ0v) is 15.1. The Balaban J connectivity index is 1.81. The maximum absolute atomic E-state index is 12.3. The van der Waals surface area contributed by atoms with Crippen LogP contribution in [0.15, 0.2) is 24.3 Å². The van der Waals surface area contributed by atoms with Crippen molar-refractivity contribution in [1.82, 2.24) is 4.90 Å². The van der Waals surface area contributed by atoms with Gasteiger partial charge in [-0.3, -0.25) is 9.59 Å². The highest BCUT2D eigenvalue weighted by Crippen LogP contribution is 2.15. The van der Waals surface area contributed by atoms with E-state index in [0.717, 1.165) is 36.7 Å². The molecule has 1 aliphatic rings. The number of piperidine rings is 1. The molecule has 0 aromatic heterocycles. The number of carbonyl (C=O) groups excluding carboxylic acids is 2. The number of nitrogens with zero attached hydrogens (tertiary/aromatic N) is 1. The Morgan fingerprint density at radius 1 is 1.25 bits per heavy atom. The van der Waals surface area contributed by atoms with E-state index in [1.165, 1.54) is 22.6 Å². The fourth-order valence-corrected chi connectivity index (χ4v) is 3.14. The summed E-state index contributed by atoms with van der Waals surface area (Å²) in [6.07, 6.45) is 3.23. The number of hydrogen-bond acceptors (Lipinski definition) is 2. The van der Waals surface area contributed by atoms with Gasteiger partial charge in [0.15, 0.2) is 6.54 Å². The molecule has 0 spiro atoms. The second-order valence-corrected chi connectivity index (χ2v) is 6.92. The molecule has 1 fully saturated rings. The number of quaternary nitrogens is 1. The first kappa shape index (κ1) is 18.5. The van der Waals surface area contributed by atoms with Gasteiger partial charge in [0.2, 0.25) is 5.91 Å². The molecular weight excluding hydrogens is 302 g/mol. The van der Waals surface area contributed by atoms with Crippen LogP contribution in [0.2, 0.25) is 0 Å². The summed E-state index contributed by atoms with van der Waals surface area (Å²) in [6, 6.07) is 7.78. The van der Waals surface area contributed by atoms with Crippen molar-refractivity contribution in [2.45, 2.75) is 33.1 Å². The average molecular weight is 332 g/mol. The minimum Gasteiger partial charge on any atom is -0.332 e. The summed E-state index contributed by atoms with van der Waals surface area (Å²) in [5, 5.41) is 2.92. The third-order valence-electron chi connectivity index (χ3n) is 4.86. The van der Waals surface area contributed by atoms with Crippen LogP contribution in [-0.2, 0) is 16.0 Å². The Morgan fingerprint density at radius 2 is 1.92 bits per heavy atom. The van der Waals surface area contributed by atoms with E-state index in [9.17, 15) is 9.59 Å². The van der Waals surface area contributed by atoms with E-state index in [0.29, 0.717) is 6.54 Å². The summed E-state index contributed by atoms with van der Waals surface area (Å²) in [5.74, 6) is 0.665. The highest BCUT2D eigenvalue weighted by Gasteiger charge is 2.23. The number of carbonyl (C=O) groups is 2. The summed E-state index contributed by atoms with van der Waals surface area (Å²) < 4.78 is 0. The van der Waals surface area contributed by atoms with E-state index >= 15 is 0 Å². The van der Waals surface area contributed by atoms with Gasteiger partial charge in [0.1, 0.15) is 0 Å². The van der Waals surface area contributed by atoms with Crippen molar-refractivity contribution >= 4 is 17.5 Å². The van der Waals surface area contributed by atoms with Crippen LogP contribution in [-0.4, -0.2) is 49.9 Å². The Kier molecular flexibility index (Phi) is 6.79. The van der Waals surface area contributed by atoms with Crippen molar-refractivity contribution in [3.8, 4) is 0 Å². The quantitative estimate of drug-likeness (QED) is 0.815. The van der Waals surface area contributed by atoms with E-state index in [1.807, 2.05) is 24.3 Å². The lowest BCUT2D eigenvalue weighted by Crippen LogP contribution is -3.14. The predicted octanol–water partition coefficient (Wildman–Crippen LogP) is 0.961. The Labute approximate surface area is 145 Å². The molecule has 0 saturated carbocycles. The number of anilines is 1. The molecule has 2 rings (SSSR count). The molecule has 1 aromatic carbocycles. The molecule has 1 heterocycles. The molecule has 1 aromatic rings. The van der Waals surface area contributed by atoms with Gasteiger partial charge in [-0.2, -0.15) is 0 Å². The van der Waals surface area contributed by atoms with Gasteiger partial charge >= 0.3 is 0 Å². The van der Waals surface area contributed by atoms with Crippen LogP contribution in [0.5, 0.6) is 0 Å². The maximum atomic E-state index is 12.3. The summed E-state index contributed by atoms with van der Waals surface area (Å²) in [7, 11) is 1.71. The molecule has 2 amide bonds. The van der Waals surface area contributed by atoms with Gasteiger partial charge < -0.3 is 15.1 Å². The number of rotatable bonds is 6. The summed E-state index contributed by atoms with van der Waals surface area (Å²) in [5.41, 5.74) is 1.94. The van der Waals surface area contributed by atoms with Gasteiger partial charge in [-0.1, -0.05) is 32.0 Å². The second-order valence-electron chi connectivity index (χ2n) is 6.92. The Morgan fingerprint density at radius 3 is 2.58 bits per heavy atom. The van der Waals surface area contributed by atoms with Gasteiger partial charge in [0.25, 0.3) is 5.91 Å². The van der Waals surface area contributed by atoms with Crippen LogP contribution in [0, 0.1) is 5.92 Å². The van der Waals surface area contributed by atoms with Crippen LogP contribution in [0.4, 0.5) is 5.69 Å². The van der Waals surface area contributed by atoms with E-state index in [4.69, 9.17) is 0 Å². The predicted molar refractivity (Wildman–Crippen MR) is 96.0 cm³/mol. The minimum atomic E-state index is -0.144. The lowest BCUT2D eigenvalue weighted by Gasteiger charge is -2.28. The number of aryl methyl sites for hydroxylation is 1. The zero-order chi connectivity index (χ0) is 17.5. The fourth-order valence-electron chi connectivity index (χ4n) is 3.14. The third kappa shape index (κ3) is 5.34. The molecule has 132 valence electrons. The zero-order valence-electron chi connectivity index (χ0n) is 15.1. The van der Waals surface area contributed by atoms with E-state index in [1.54, 1.807) is 7.05 Å². The first-order valence-electron chi connectivity index (χ1n) is 8.94. The highest BCUT2D eigenvalue weighted by molar-refractivity contribution is 5.95. The average Bonchev–Trinajstić information content (AvgIpc) is 2.57. The van der Waals surface area contributed by atoms with Crippen LogP contribution in [0.3, 0.4) is 0 Å². The second kappa shape index (κ2) is 8.83. The highest BCUT2D eigenvalue weighted by atomic mass is 16.2. The van der Waals surface area contributed by atoms with Gasteiger partial charge in [-0.15, -0.1) is 0 Å². The molecule has 0 radical (unpaired) electrons. The van der Waals surface area contributed by atoms with E-state index in [-0.39, 0.29) is 18.4 Å². The number of likely N-dealkylation sites (N-methyl/N-ethyl adjacent to an activating group) is 1.